The van der Waals surface area contributed by atoms with Crippen LogP contribution in [0.3, 0.4) is 0 Å². The Morgan fingerprint density at radius 3 is 2.25 bits per heavy atom. The summed E-state index contributed by atoms with van der Waals surface area (Å²) in [6, 6.07) is 0. The molecule has 0 aromatic carbocycles. The largest absolute Gasteiger partial charge is 0.395 e. The molecule has 0 fully saturated rings. The van der Waals surface area contributed by atoms with E-state index in [9.17, 15) is 10.2 Å². The normalized spacial score (nSPS) is 16.8. The highest BCUT2D eigenvalue weighted by Gasteiger charge is 2.28. The van der Waals surface area contributed by atoms with Crippen molar-refractivity contribution in [2.45, 2.75) is 64.9 Å². The van der Waals surface area contributed by atoms with Gasteiger partial charge in [-0.05, 0) is 6.42 Å². The molecule has 0 aromatic rings. The van der Waals surface area contributed by atoms with E-state index < -0.39 is 11.5 Å². The summed E-state index contributed by atoms with van der Waals surface area (Å²) in [4.78, 5) is 0. The number of aliphatic hydroxyl groups is 2. The van der Waals surface area contributed by atoms with Gasteiger partial charge in [-0.15, -0.1) is 6.58 Å². The fourth-order valence-corrected chi connectivity index (χ4v) is 1.75. The highest BCUT2D eigenvalue weighted by Crippen LogP contribution is 2.26. The summed E-state index contributed by atoms with van der Waals surface area (Å²) in [6.45, 7) is 7.70. The van der Waals surface area contributed by atoms with Gasteiger partial charge in [-0.25, -0.2) is 0 Å². The SMILES string of the molecule is C=C[C@](C)(CO)[C@H](O)CCCCCCCC. The molecule has 0 aliphatic carbocycles. The lowest BCUT2D eigenvalue weighted by Crippen LogP contribution is -2.33. The lowest BCUT2D eigenvalue weighted by molar-refractivity contribution is 0.0210. The first-order chi connectivity index (χ1) is 7.60. The monoisotopic (exact) mass is 228 g/mol. The molecule has 0 heterocycles. The maximum Gasteiger partial charge on any atom is 0.0650 e. The topological polar surface area (TPSA) is 40.5 Å². The standard InChI is InChI=1S/C14H28O2/c1-4-6-7-8-9-10-11-13(16)14(3,5-2)12-15/h5,13,15-16H,2,4,6-12H2,1,3H3/t13-,14-/m1/s1. The van der Waals surface area contributed by atoms with Crippen LogP contribution in [-0.4, -0.2) is 22.9 Å². The zero-order valence-electron chi connectivity index (χ0n) is 10.9. The van der Waals surface area contributed by atoms with Gasteiger partial charge in [0.25, 0.3) is 0 Å². The fraction of sp³-hybridized carbons (Fsp3) is 0.857. The van der Waals surface area contributed by atoms with E-state index in [-0.39, 0.29) is 6.61 Å². The minimum absolute atomic E-state index is 0.0342. The van der Waals surface area contributed by atoms with Gasteiger partial charge in [-0.3, -0.25) is 0 Å². The molecule has 0 aliphatic rings. The second-order valence-electron chi connectivity index (χ2n) is 4.94. The Kier molecular flexibility index (Phi) is 8.58. The van der Waals surface area contributed by atoms with Crippen LogP contribution in [0.25, 0.3) is 0 Å². The number of unbranched alkanes of at least 4 members (excludes halogenated alkanes) is 5. The van der Waals surface area contributed by atoms with Crippen LogP contribution in [0.2, 0.25) is 0 Å². The highest BCUT2D eigenvalue weighted by atomic mass is 16.3. The summed E-state index contributed by atoms with van der Waals surface area (Å²) < 4.78 is 0. The number of aliphatic hydroxyl groups excluding tert-OH is 2. The molecule has 0 aromatic heterocycles. The van der Waals surface area contributed by atoms with Crippen LogP contribution in [0, 0.1) is 5.41 Å². The Bertz CT molecular complexity index is 180. The van der Waals surface area contributed by atoms with Gasteiger partial charge in [0.2, 0.25) is 0 Å². The van der Waals surface area contributed by atoms with Gasteiger partial charge in [0.05, 0.1) is 12.7 Å². The maximum atomic E-state index is 9.94. The van der Waals surface area contributed by atoms with Gasteiger partial charge in [-0.1, -0.05) is 58.4 Å². The van der Waals surface area contributed by atoms with Gasteiger partial charge >= 0.3 is 0 Å². The van der Waals surface area contributed by atoms with E-state index in [1.54, 1.807) is 6.08 Å². The quantitative estimate of drug-likeness (QED) is 0.445. The summed E-state index contributed by atoms with van der Waals surface area (Å²) in [5.74, 6) is 0. The average molecular weight is 228 g/mol. The van der Waals surface area contributed by atoms with Crippen LogP contribution >= 0.6 is 0 Å². The summed E-state index contributed by atoms with van der Waals surface area (Å²) in [5.41, 5.74) is -0.538. The van der Waals surface area contributed by atoms with E-state index in [4.69, 9.17) is 0 Å². The first-order valence-electron chi connectivity index (χ1n) is 6.53. The van der Waals surface area contributed by atoms with Crippen LogP contribution in [0.5, 0.6) is 0 Å². The van der Waals surface area contributed by atoms with Crippen molar-refractivity contribution in [2.24, 2.45) is 5.41 Å². The highest BCUT2D eigenvalue weighted by molar-refractivity contribution is 4.96. The van der Waals surface area contributed by atoms with E-state index in [1.807, 2.05) is 6.92 Å². The van der Waals surface area contributed by atoms with Gasteiger partial charge in [-0.2, -0.15) is 0 Å². The van der Waals surface area contributed by atoms with Crippen LogP contribution in [0.4, 0.5) is 0 Å². The van der Waals surface area contributed by atoms with Gasteiger partial charge in [0.15, 0.2) is 0 Å². The maximum absolute atomic E-state index is 9.94. The van der Waals surface area contributed by atoms with Crippen molar-refractivity contribution in [3.63, 3.8) is 0 Å². The molecule has 0 saturated heterocycles. The molecule has 0 rings (SSSR count). The van der Waals surface area contributed by atoms with Crippen molar-refractivity contribution in [2.75, 3.05) is 6.61 Å². The molecule has 0 aliphatic heterocycles. The van der Waals surface area contributed by atoms with Crippen LogP contribution in [-0.2, 0) is 0 Å². The third kappa shape index (κ3) is 5.66. The lowest BCUT2D eigenvalue weighted by atomic mass is 9.82. The second kappa shape index (κ2) is 8.77. The second-order valence-corrected chi connectivity index (χ2v) is 4.94. The van der Waals surface area contributed by atoms with Crippen molar-refractivity contribution in [3.8, 4) is 0 Å². The van der Waals surface area contributed by atoms with E-state index in [0.717, 1.165) is 12.8 Å². The molecular formula is C14H28O2. The van der Waals surface area contributed by atoms with Crippen molar-refractivity contribution in [1.29, 1.82) is 0 Å². The molecule has 0 saturated carbocycles. The summed E-state index contributed by atoms with van der Waals surface area (Å²) in [6.07, 6.45) is 9.29. The molecule has 0 spiro atoms. The predicted molar refractivity (Wildman–Crippen MR) is 69.4 cm³/mol. The molecule has 0 unspecified atom stereocenters. The summed E-state index contributed by atoms with van der Waals surface area (Å²) in [7, 11) is 0. The Hall–Kier alpha value is -0.340. The minimum Gasteiger partial charge on any atom is -0.395 e. The zero-order valence-corrected chi connectivity index (χ0v) is 10.9. The predicted octanol–water partition coefficient (Wildman–Crippen LogP) is 3.28. The summed E-state index contributed by atoms with van der Waals surface area (Å²) in [5, 5.41) is 19.1. The third-order valence-corrected chi connectivity index (χ3v) is 3.40. The van der Waals surface area contributed by atoms with Gasteiger partial charge in [0, 0.05) is 5.41 Å². The molecule has 2 heteroatoms. The lowest BCUT2D eigenvalue weighted by Gasteiger charge is -2.29. The van der Waals surface area contributed by atoms with E-state index in [2.05, 4.69) is 13.5 Å². The van der Waals surface area contributed by atoms with Gasteiger partial charge in [0.1, 0.15) is 0 Å². The number of hydrogen-bond donors (Lipinski definition) is 2. The van der Waals surface area contributed by atoms with E-state index >= 15 is 0 Å². The van der Waals surface area contributed by atoms with E-state index in [1.165, 1.54) is 32.1 Å². The Morgan fingerprint density at radius 1 is 1.19 bits per heavy atom. The average Bonchev–Trinajstić information content (AvgIpc) is 2.32. The first-order valence-corrected chi connectivity index (χ1v) is 6.53. The molecule has 96 valence electrons. The van der Waals surface area contributed by atoms with Crippen molar-refractivity contribution < 1.29 is 10.2 Å². The van der Waals surface area contributed by atoms with Gasteiger partial charge < -0.3 is 10.2 Å². The van der Waals surface area contributed by atoms with Crippen molar-refractivity contribution >= 4 is 0 Å². The molecule has 2 N–H and O–H groups in total. The third-order valence-electron chi connectivity index (χ3n) is 3.40. The molecule has 2 atom stereocenters. The molecule has 0 radical (unpaired) electrons. The van der Waals surface area contributed by atoms with Crippen molar-refractivity contribution in [1.82, 2.24) is 0 Å². The molecule has 0 bridgehead atoms. The Morgan fingerprint density at radius 2 is 1.75 bits per heavy atom. The van der Waals surface area contributed by atoms with Crippen molar-refractivity contribution in [3.05, 3.63) is 12.7 Å². The molecule has 0 amide bonds. The number of rotatable bonds is 10. The molecular weight excluding hydrogens is 200 g/mol. The smallest absolute Gasteiger partial charge is 0.0650 e. The molecule has 16 heavy (non-hydrogen) atoms. The zero-order chi connectivity index (χ0) is 12.4. The first kappa shape index (κ1) is 15.7. The Balaban J connectivity index is 3.64. The van der Waals surface area contributed by atoms with Crippen LogP contribution < -0.4 is 0 Å². The van der Waals surface area contributed by atoms with Crippen LogP contribution in [0.15, 0.2) is 12.7 Å². The summed E-state index contributed by atoms with van der Waals surface area (Å²) >= 11 is 0. The number of hydrogen-bond acceptors (Lipinski definition) is 2. The van der Waals surface area contributed by atoms with Crippen LogP contribution in [0.1, 0.15) is 58.8 Å². The fourth-order valence-electron chi connectivity index (χ4n) is 1.75. The molecule has 2 nitrogen and oxygen atoms in total. The van der Waals surface area contributed by atoms with E-state index in [0.29, 0.717) is 0 Å². The minimum atomic E-state index is -0.538. The Labute approximate surface area is 100 Å².